The topological polar surface area (TPSA) is 52.6 Å². The van der Waals surface area contributed by atoms with Crippen molar-refractivity contribution in [2.75, 3.05) is 26.7 Å². The SMILES string of the molecule is CCNC(C)(CCN(C)CC(C)CC)C(=O)O. The predicted octanol–water partition coefficient (Wildman–Crippen LogP) is 1.81. The summed E-state index contributed by atoms with van der Waals surface area (Å²) in [4.78, 5) is 13.4. The van der Waals surface area contributed by atoms with Crippen LogP contribution in [0.4, 0.5) is 0 Å². The molecule has 0 aromatic carbocycles. The second-order valence-electron chi connectivity index (χ2n) is 5.19. The van der Waals surface area contributed by atoms with E-state index in [2.05, 4.69) is 31.1 Å². The molecule has 0 rings (SSSR count). The summed E-state index contributed by atoms with van der Waals surface area (Å²) in [5.41, 5.74) is -0.807. The van der Waals surface area contributed by atoms with Crippen LogP contribution in [0.5, 0.6) is 0 Å². The summed E-state index contributed by atoms with van der Waals surface area (Å²) >= 11 is 0. The van der Waals surface area contributed by atoms with Gasteiger partial charge in [0.15, 0.2) is 0 Å². The minimum Gasteiger partial charge on any atom is -0.480 e. The Morgan fingerprint density at radius 3 is 2.47 bits per heavy atom. The summed E-state index contributed by atoms with van der Waals surface area (Å²) in [6, 6.07) is 0. The van der Waals surface area contributed by atoms with Gasteiger partial charge in [0.05, 0.1) is 0 Å². The molecule has 17 heavy (non-hydrogen) atoms. The molecule has 0 aliphatic rings. The normalized spacial score (nSPS) is 16.8. The molecule has 0 saturated heterocycles. The van der Waals surface area contributed by atoms with Gasteiger partial charge >= 0.3 is 5.97 Å². The lowest BCUT2D eigenvalue weighted by atomic mass is 9.97. The smallest absolute Gasteiger partial charge is 0.323 e. The number of carboxylic acid groups (broad SMARTS) is 1. The van der Waals surface area contributed by atoms with Gasteiger partial charge in [-0.1, -0.05) is 27.2 Å². The van der Waals surface area contributed by atoms with Crippen LogP contribution in [0, 0.1) is 5.92 Å². The fourth-order valence-corrected chi connectivity index (χ4v) is 1.83. The first-order chi connectivity index (χ1) is 7.85. The molecular weight excluding hydrogens is 216 g/mol. The Morgan fingerprint density at radius 1 is 1.47 bits per heavy atom. The fourth-order valence-electron chi connectivity index (χ4n) is 1.83. The number of likely N-dealkylation sites (N-methyl/N-ethyl adjacent to an activating group) is 1. The molecule has 0 bridgehead atoms. The van der Waals surface area contributed by atoms with Crippen LogP contribution in [0.3, 0.4) is 0 Å². The van der Waals surface area contributed by atoms with E-state index in [1.54, 1.807) is 6.92 Å². The molecular formula is C13H28N2O2. The molecule has 0 fully saturated rings. The van der Waals surface area contributed by atoms with E-state index in [1.807, 2.05) is 6.92 Å². The van der Waals surface area contributed by atoms with Gasteiger partial charge in [0.1, 0.15) is 5.54 Å². The number of hydrogen-bond donors (Lipinski definition) is 2. The number of carbonyl (C=O) groups is 1. The van der Waals surface area contributed by atoms with Crippen molar-refractivity contribution in [3.63, 3.8) is 0 Å². The molecule has 2 N–H and O–H groups in total. The minimum atomic E-state index is -0.807. The Hall–Kier alpha value is -0.610. The average Bonchev–Trinajstić information content (AvgIpc) is 2.26. The van der Waals surface area contributed by atoms with Gasteiger partial charge < -0.3 is 15.3 Å². The summed E-state index contributed by atoms with van der Waals surface area (Å²) in [5, 5.41) is 12.3. The van der Waals surface area contributed by atoms with Crippen LogP contribution >= 0.6 is 0 Å². The minimum absolute atomic E-state index is 0.628. The van der Waals surface area contributed by atoms with E-state index in [1.165, 1.54) is 0 Å². The van der Waals surface area contributed by atoms with E-state index in [4.69, 9.17) is 0 Å². The predicted molar refractivity (Wildman–Crippen MR) is 71.3 cm³/mol. The van der Waals surface area contributed by atoms with Crippen molar-refractivity contribution in [1.82, 2.24) is 10.2 Å². The van der Waals surface area contributed by atoms with Crippen molar-refractivity contribution in [2.24, 2.45) is 5.92 Å². The highest BCUT2D eigenvalue weighted by Crippen LogP contribution is 2.12. The molecule has 0 amide bonds. The number of hydrogen-bond acceptors (Lipinski definition) is 3. The van der Waals surface area contributed by atoms with Gasteiger partial charge in [-0.25, -0.2) is 0 Å². The summed E-state index contributed by atoms with van der Waals surface area (Å²) in [5.74, 6) is -0.105. The van der Waals surface area contributed by atoms with Gasteiger partial charge in [0.25, 0.3) is 0 Å². The summed E-state index contributed by atoms with van der Waals surface area (Å²) < 4.78 is 0. The van der Waals surface area contributed by atoms with Gasteiger partial charge in [-0.2, -0.15) is 0 Å². The number of carboxylic acids is 1. The molecule has 2 unspecified atom stereocenters. The molecule has 0 saturated carbocycles. The summed E-state index contributed by atoms with van der Waals surface area (Å²) in [6.07, 6.45) is 1.79. The van der Waals surface area contributed by atoms with Crippen LogP contribution in [0.25, 0.3) is 0 Å². The van der Waals surface area contributed by atoms with Crippen molar-refractivity contribution in [1.29, 1.82) is 0 Å². The monoisotopic (exact) mass is 244 g/mol. The number of nitrogens with one attached hydrogen (secondary N) is 1. The maximum atomic E-state index is 11.2. The number of nitrogens with zero attached hydrogens (tertiary/aromatic N) is 1. The first-order valence-corrected chi connectivity index (χ1v) is 6.52. The third kappa shape index (κ3) is 6.03. The zero-order valence-corrected chi connectivity index (χ0v) is 11.9. The van der Waals surface area contributed by atoms with Gasteiger partial charge in [0, 0.05) is 13.1 Å². The van der Waals surface area contributed by atoms with Crippen LogP contribution in [0.15, 0.2) is 0 Å². The quantitative estimate of drug-likeness (QED) is 0.649. The molecule has 4 nitrogen and oxygen atoms in total. The highest BCUT2D eigenvalue weighted by atomic mass is 16.4. The molecule has 2 atom stereocenters. The third-order valence-electron chi connectivity index (χ3n) is 3.35. The molecule has 0 aromatic heterocycles. The standard InChI is InChI=1S/C13H28N2O2/c1-6-11(3)10-15(5)9-8-13(4,12(16)17)14-7-2/h11,14H,6-10H2,1-5H3,(H,16,17). The summed E-state index contributed by atoms with van der Waals surface area (Å²) in [6.45, 7) is 10.6. The average molecular weight is 244 g/mol. The molecule has 0 aliphatic heterocycles. The van der Waals surface area contributed by atoms with E-state index < -0.39 is 11.5 Å². The van der Waals surface area contributed by atoms with Gasteiger partial charge in [-0.3, -0.25) is 4.79 Å². The van der Waals surface area contributed by atoms with Crippen molar-refractivity contribution in [3.05, 3.63) is 0 Å². The van der Waals surface area contributed by atoms with E-state index >= 15 is 0 Å². The second-order valence-corrected chi connectivity index (χ2v) is 5.19. The molecule has 0 aromatic rings. The number of rotatable bonds is 9. The molecule has 102 valence electrons. The summed E-state index contributed by atoms with van der Waals surface area (Å²) in [7, 11) is 2.06. The largest absolute Gasteiger partial charge is 0.480 e. The fraction of sp³-hybridized carbons (Fsp3) is 0.923. The zero-order valence-electron chi connectivity index (χ0n) is 11.9. The first-order valence-electron chi connectivity index (χ1n) is 6.52. The van der Waals surface area contributed by atoms with E-state index in [-0.39, 0.29) is 0 Å². The maximum Gasteiger partial charge on any atom is 0.323 e. The first kappa shape index (κ1) is 16.4. The lowest BCUT2D eigenvalue weighted by Gasteiger charge is -2.29. The van der Waals surface area contributed by atoms with Gasteiger partial charge in [-0.15, -0.1) is 0 Å². The van der Waals surface area contributed by atoms with Crippen LogP contribution in [-0.2, 0) is 4.79 Å². The van der Waals surface area contributed by atoms with Crippen LogP contribution in [0.2, 0.25) is 0 Å². The Kier molecular flexibility index (Phi) is 7.39. The lowest BCUT2D eigenvalue weighted by molar-refractivity contribution is -0.144. The Balaban J connectivity index is 4.17. The zero-order chi connectivity index (χ0) is 13.5. The van der Waals surface area contributed by atoms with Crippen molar-refractivity contribution < 1.29 is 9.90 Å². The van der Waals surface area contributed by atoms with Gasteiger partial charge in [-0.05, 0) is 32.9 Å². The van der Waals surface area contributed by atoms with E-state index in [9.17, 15) is 9.90 Å². The van der Waals surface area contributed by atoms with E-state index in [0.29, 0.717) is 18.9 Å². The van der Waals surface area contributed by atoms with Crippen LogP contribution in [-0.4, -0.2) is 48.2 Å². The Bertz CT molecular complexity index is 233. The second kappa shape index (κ2) is 7.67. The van der Waals surface area contributed by atoms with Crippen LogP contribution < -0.4 is 5.32 Å². The van der Waals surface area contributed by atoms with Crippen molar-refractivity contribution in [3.8, 4) is 0 Å². The van der Waals surface area contributed by atoms with Gasteiger partial charge in [0.2, 0.25) is 0 Å². The molecule has 0 aliphatic carbocycles. The number of aliphatic carboxylic acids is 1. The maximum absolute atomic E-state index is 11.2. The highest BCUT2D eigenvalue weighted by Gasteiger charge is 2.31. The third-order valence-corrected chi connectivity index (χ3v) is 3.35. The van der Waals surface area contributed by atoms with Crippen molar-refractivity contribution >= 4 is 5.97 Å². The van der Waals surface area contributed by atoms with E-state index in [0.717, 1.165) is 19.5 Å². The van der Waals surface area contributed by atoms with Crippen LogP contribution in [0.1, 0.15) is 40.5 Å². The molecule has 0 radical (unpaired) electrons. The Morgan fingerprint density at radius 2 is 2.06 bits per heavy atom. The van der Waals surface area contributed by atoms with Crippen molar-refractivity contribution in [2.45, 2.75) is 46.1 Å². The Labute approximate surface area is 105 Å². The lowest BCUT2D eigenvalue weighted by Crippen LogP contribution is -2.51. The molecule has 4 heteroatoms. The molecule has 0 spiro atoms. The molecule has 0 heterocycles. The highest BCUT2D eigenvalue weighted by molar-refractivity contribution is 5.78.